The zero-order chi connectivity index (χ0) is 18.2. The highest BCUT2D eigenvalue weighted by Crippen LogP contribution is 2.16. The molecule has 0 saturated heterocycles. The molecule has 2 aromatic rings. The summed E-state index contributed by atoms with van der Waals surface area (Å²) in [6, 6.07) is 11.7. The van der Waals surface area contributed by atoms with Crippen molar-refractivity contribution in [1.82, 2.24) is 10.3 Å². The van der Waals surface area contributed by atoms with Crippen LogP contribution in [0.15, 0.2) is 48.7 Å². The topological polar surface area (TPSA) is 88.6 Å². The largest absolute Gasteiger partial charge is 0.465 e. The van der Waals surface area contributed by atoms with E-state index in [0.29, 0.717) is 11.3 Å². The Morgan fingerprint density at radius 1 is 1.12 bits per heavy atom. The van der Waals surface area contributed by atoms with Crippen LogP contribution < -0.4 is 10.2 Å². The van der Waals surface area contributed by atoms with Crippen molar-refractivity contribution in [2.24, 2.45) is 0 Å². The highest BCUT2D eigenvalue weighted by Gasteiger charge is 2.16. The lowest BCUT2D eigenvalue weighted by Gasteiger charge is -2.20. The maximum Gasteiger partial charge on any atom is 0.337 e. The van der Waals surface area contributed by atoms with E-state index in [0.717, 1.165) is 5.69 Å². The molecule has 1 aromatic heterocycles. The summed E-state index contributed by atoms with van der Waals surface area (Å²) in [5.74, 6) is -1.05. The van der Waals surface area contributed by atoms with E-state index < -0.39 is 5.97 Å². The van der Waals surface area contributed by atoms with Gasteiger partial charge in [0.1, 0.15) is 6.54 Å². The molecule has 0 aliphatic carbocycles. The molecule has 130 valence electrons. The van der Waals surface area contributed by atoms with Crippen LogP contribution in [-0.2, 0) is 20.9 Å². The van der Waals surface area contributed by atoms with Gasteiger partial charge in [0.25, 0.3) is 0 Å². The van der Waals surface area contributed by atoms with Gasteiger partial charge in [-0.2, -0.15) is 0 Å². The standard InChI is InChI=1S/C18H19N3O4/c1-13(22)21(16-8-6-14(7-9-16)18(24)25-2)12-17(23)20-11-15-5-3-4-10-19-15/h3-10H,11-12H2,1-2H3,(H,20,23). The van der Waals surface area contributed by atoms with Crippen LogP contribution in [0, 0.1) is 0 Å². The predicted octanol–water partition coefficient (Wildman–Crippen LogP) is 1.54. The van der Waals surface area contributed by atoms with Crippen LogP contribution in [0.4, 0.5) is 5.69 Å². The van der Waals surface area contributed by atoms with Crippen LogP contribution in [-0.4, -0.2) is 36.4 Å². The Labute approximate surface area is 145 Å². The van der Waals surface area contributed by atoms with Gasteiger partial charge in [-0.05, 0) is 36.4 Å². The number of ether oxygens (including phenoxy) is 1. The highest BCUT2D eigenvalue weighted by atomic mass is 16.5. The third-order valence-corrected chi connectivity index (χ3v) is 3.47. The molecule has 0 aliphatic rings. The summed E-state index contributed by atoms with van der Waals surface area (Å²) in [5.41, 5.74) is 1.62. The molecule has 0 radical (unpaired) electrons. The second kappa shape index (κ2) is 8.58. The van der Waals surface area contributed by atoms with Crippen LogP contribution in [0.1, 0.15) is 23.0 Å². The first-order valence-corrected chi connectivity index (χ1v) is 7.64. The second-order valence-corrected chi connectivity index (χ2v) is 5.24. The van der Waals surface area contributed by atoms with Crippen molar-refractivity contribution in [1.29, 1.82) is 0 Å². The Morgan fingerprint density at radius 3 is 2.40 bits per heavy atom. The van der Waals surface area contributed by atoms with E-state index in [9.17, 15) is 14.4 Å². The maximum absolute atomic E-state index is 12.1. The molecular weight excluding hydrogens is 322 g/mol. The summed E-state index contributed by atoms with van der Waals surface area (Å²) in [6.07, 6.45) is 1.65. The Kier molecular flexibility index (Phi) is 6.22. The number of pyridine rings is 1. The molecule has 0 fully saturated rings. The molecule has 2 amide bonds. The van der Waals surface area contributed by atoms with E-state index in [4.69, 9.17) is 0 Å². The Balaban J connectivity index is 2.01. The number of nitrogens with one attached hydrogen (secondary N) is 1. The average molecular weight is 341 g/mol. The van der Waals surface area contributed by atoms with Gasteiger partial charge in [-0.15, -0.1) is 0 Å². The quantitative estimate of drug-likeness (QED) is 0.805. The molecule has 25 heavy (non-hydrogen) atoms. The molecule has 7 heteroatoms. The normalized spacial score (nSPS) is 10.0. The average Bonchev–Trinajstić information content (AvgIpc) is 2.64. The fraction of sp³-hybridized carbons (Fsp3) is 0.222. The van der Waals surface area contributed by atoms with Gasteiger partial charge in [0, 0.05) is 18.8 Å². The third-order valence-electron chi connectivity index (χ3n) is 3.47. The molecule has 7 nitrogen and oxygen atoms in total. The number of hydrogen-bond donors (Lipinski definition) is 1. The fourth-order valence-electron chi connectivity index (χ4n) is 2.17. The first kappa shape index (κ1) is 18.1. The van der Waals surface area contributed by atoms with Gasteiger partial charge in [-0.1, -0.05) is 6.07 Å². The maximum atomic E-state index is 12.1. The van der Waals surface area contributed by atoms with Crippen LogP contribution >= 0.6 is 0 Å². The van der Waals surface area contributed by atoms with E-state index in [-0.39, 0.29) is 24.9 Å². The van der Waals surface area contributed by atoms with Gasteiger partial charge in [0.15, 0.2) is 0 Å². The van der Waals surface area contributed by atoms with E-state index in [1.807, 2.05) is 6.07 Å². The lowest BCUT2D eigenvalue weighted by molar-refractivity contribution is -0.123. The summed E-state index contributed by atoms with van der Waals surface area (Å²) in [4.78, 5) is 40.9. The van der Waals surface area contributed by atoms with Crippen LogP contribution in [0.3, 0.4) is 0 Å². The van der Waals surface area contributed by atoms with E-state index in [1.54, 1.807) is 42.6 Å². The number of rotatable bonds is 6. The summed E-state index contributed by atoms with van der Waals surface area (Å²) in [5, 5.41) is 2.72. The van der Waals surface area contributed by atoms with Crippen LogP contribution in [0.25, 0.3) is 0 Å². The number of amides is 2. The molecule has 2 rings (SSSR count). The summed E-state index contributed by atoms with van der Waals surface area (Å²) in [7, 11) is 1.30. The van der Waals surface area contributed by atoms with E-state index in [1.165, 1.54) is 18.9 Å². The smallest absolute Gasteiger partial charge is 0.337 e. The van der Waals surface area contributed by atoms with Gasteiger partial charge in [-0.25, -0.2) is 4.79 Å². The predicted molar refractivity (Wildman–Crippen MR) is 91.9 cm³/mol. The number of esters is 1. The third kappa shape index (κ3) is 5.13. The first-order chi connectivity index (χ1) is 12.0. The van der Waals surface area contributed by atoms with Crippen molar-refractivity contribution in [2.45, 2.75) is 13.5 Å². The number of methoxy groups -OCH3 is 1. The zero-order valence-corrected chi connectivity index (χ0v) is 14.1. The van der Waals surface area contributed by atoms with Crippen molar-refractivity contribution in [3.05, 3.63) is 59.9 Å². The van der Waals surface area contributed by atoms with Crippen LogP contribution in [0.5, 0.6) is 0 Å². The molecule has 0 saturated carbocycles. The van der Waals surface area contributed by atoms with Gasteiger partial charge >= 0.3 is 5.97 Å². The summed E-state index contributed by atoms with van der Waals surface area (Å²) >= 11 is 0. The molecule has 0 aliphatic heterocycles. The van der Waals surface area contributed by atoms with Gasteiger partial charge < -0.3 is 15.0 Å². The molecule has 1 N–H and O–H groups in total. The summed E-state index contributed by atoms with van der Waals surface area (Å²) < 4.78 is 4.63. The summed E-state index contributed by atoms with van der Waals surface area (Å²) in [6.45, 7) is 1.53. The number of anilines is 1. The lowest BCUT2D eigenvalue weighted by atomic mass is 10.2. The van der Waals surface area contributed by atoms with Crippen molar-refractivity contribution >= 4 is 23.5 Å². The number of carbonyl (C=O) groups excluding carboxylic acids is 3. The van der Waals surface area contributed by atoms with Crippen molar-refractivity contribution in [2.75, 3.05) is 18.6 Å². The molecule has 0 bridgehead atoms. The van der Waals surface area contributed by atoms with E-state index >= 15 is 0 Å². The van der Waals surface area contributed by atoms with Crippen molar-refractivity contribution < 1.29 is 19.1 Å². The molecule has 0 spiro atoms. The Bertz CT molecular complexity index is 745. The second-order valence-electron chi connectivity index (χ2n) is 5.24. The lowest BCUT2D eigenvalue weighted by Crippen LogP contribution is -2.39. The van der Waals surface area contributed by atoms with Crippen LogP contribution in [0.2, 0.25) is 0 Å². The Morgan fingerprint density at radius 2 is 1.84 bits per heavy atom. The minimum Gasteiger partial charge on any atom is -0.465 e. The number of hydrogen-bond acceptors (Lipinski definition) is 5. The number of benzene rings is 1. The van der Waals surface area contributed by atoms with Crippen molar-refractivity contribution in [3.63, 3.8) is 0 Å². The molecule has 1 heterocycles. The molecule has 0 unspecified atom stereocenters. The van der Waals surface area contributed by atoms with Gasteiger partial charge in [0.2, 0.25) is 11.8 Å². The minimum atomic E-state index is -0.464. The first-order valence-electron chi connectivity index (χ1n) is 7.64. The highest BCUT2D eigenvalue weighted by molar-refractivity contribution is 5.98. The van der Waals surface area contributed by atoms with Crippen molar-refractivity contribution in [3.8, 4) is 0 Å². The number of nitrogens with zero attached hydrogens (tertiary/aromatic N) is 2. The number of aromatic nitrogens is 1. The molecule has 1 aromatic carbocycles. The van der Waals surface area contributed by atoms with Gasteiger partial charge in [0.05, 0.1) is 24.9 Å². The zero-order valence-electron chi connectivity index (χ0n) is 14.1. The van der Waals surface area contributed by atoms with Gasteiger partial charge in [-0.3, -0.25) is 14.6 Å². The molecular formula is C18H19N3O4. The Hall–Kier alpha value is -3.22. The van der Waals surface area contributed by atoms with E-state index in [2.05, 4.69) is 15.0 Å². The molecule has 0 atom stereocenters. The minimum absolute atomic E-state index is 0.125. The number of carbonyl (C=O) groups is 3. The fourth-order valence-corrected chi connectivity index (χ4v) is 2.17. The monoisotopic (exact) mass is 341 g/mol. The SMILES string of the molecule is COC(=O)c1ccc(N(CC(=O)NCc2ccccn2)C(C)=O)cc1.